The van der Waals surface area contributed by atoms with Crippen LogP contribution in [-0.4, -0.2) is 11.0 Å². The van der Waals surface area contributed by atoms with Gasteiger partial charge in [0, 0.05) is 34.1 Å². The summed E-state index contributed by atoms with van der Waals surface area (Å²) in [6.45, 7) is 2.50. The van der Waals surface area contributed by atoms with E-state index < -0.39 is 0 Å². The molecule has 1 aromatic carbocycles. The molecule has 20 heavy (non-hydrogen) atoms. The monoisotopic (exact) mass is 310 g/mol. The molecule has 106 valence electrons. The Labute approximate surface area is 126 Å². The summed E-state index contributed by atoms with van der Waals surface area (Å²) in [6, 6.07) is 8.98. The van der Waals surface area contributed by atoms with Crippen molar-refractivity contribution in [1.29, 1.82) is 0 Å². The van der Waals surface area contributed by atoms with Crippen molar-refractivity contribution in [1.82, 2.24) is 5.32 Å². The summed E-state index contributed by atoms with van der Waals surface area (Å²) < 4.78 is 0. The number of rotatable bonds is 6. The Morgan fingerprint density at radius 2 is 2.25 bits per heavy atom. The van der Waals surface area contributed by atoms with Gasteiger partial charge in [0.1, 0.15) is 0 Å². The SMILES string of the molecule is CC(Cc1cccs1)NCc1cc(Cl)ccc1[N+](=O)[O-]. The molecule has 0 saturated carbocycles. The lowest BCUT2D eigenvalue weighted by Gasteiger charge is -2.13. The Kier molecular flexibility index (Phi) is 5.11. The molecule has 0 fully saturated rings. The Morgan fingerprint density at radius 3 is 2.90 bits per heavy atom. The highest BCUT2D eigenvalue weighted by Gasteiger charge is 2.14. The summed E-state index contributed by atoms with van der Waals surface area (Å²) in [5.41, 5.74) is 0.714. The van der Waals surface area contributed by atoms with Crippen LogP contribution >= 0.6 is 22.9 Å². The van der Waals surface area contributed by atoms with E-state index >= 15 is 0 Å². The standard InChI is InChI=1S/C14H15ClN2O2S/c1-10(7-13-3-2-6-20-13)16-9-11-8-12(15)4-5-14(11)17(18)19/h2-6,8,10,16H,7,9H2,1H3. The van der Waals surface area contributed by atoms with E-state index in [2.05, 4.69) is 18.3 Å². The first-order valence-corrected chi connectivity index (χ1v) is 7.50. The highest BCUT2D eigenvalue weighted by atomic mass is 35.5. The molecule has 0 amide bonds. The van der Waals surface area contributed by atoms with Gasteiger partial charge in [-0.3, -0.25) is 10.1 Å². The van der Waals surface area contributed by atoms with Crippen LogP contribution in [0.15, 0.2) is 35.7 Å². The first-order valence-electron chi connectivity index (χ1n) is 6.25. The van der Waals surface area contributed by atoms with E-state index in [0.29, 0.717) is 17.1 Å². The van der Waals surface area contributed by atoms with Gasteiger partial charge in [-0.2, -0.15) is 0 Å². The van der Waals surface area contributed by atoms with Gasteiger partial charge in [0.2, 0.25) is 0 Å². The lowest BCUT2D eigenvalue weighted by Crippen LogP contribution is -2.27. The molecule has 6 heteroatoms. The summed E-state index contributed by atoms with van der Waals surface area (Å²) in [6.07, 6.45) is 0.909. The fourth-order valence-electron chi connectivity index (χ4n) is 1.96. The number of nitro benzene ring substituents is 1. The van der Waals surface area contributed by atoms with Gasteiger partial charge in [0.15, 0.2) is 0 Å². The van der Waals surface area contributed by atoms with Gasteiger partial charge >= 0.3 is 0 Å². The number of benzene rings is 1. The van der Waals surface area contributed by atoms with Gasteiger partial charge in [-0.1, -0.05) is 17.7 Å². The van der Waals surface area contributed by atoms with Gasteiger partial charge < -0.3 is 5.32 Å². The van der Waals surface area contributed by atoms with E-state index in [1.54, 1.807) is 17.4 Å². The van der Waals surface area contributed by atoms with Crippen LogP contribution in [0.4, 0.5) is 5.69 Å². The van der Waals surface area contributed by atoms with Crippen LogP contribution in [0.3, 0.4) is 0 Å². The summed E-state index contributed by atoms with van der Waals surface area (Å²) >= 11 is 7.62. The molecule has 4 nitrogen and oxygen atoms in total. The molecule has 1 unspecified atom stereocenters. The van der Waals surface area contributed by atoms with Crippen LogP contribution in [0.2, 0.25) is 5.02 Å². The van der Waals surface area contributed by atoms with Crippen molar-refractivity contribution in [3.05, 3.63) is 61.3 Å². The predicted octanol–water partition coefficient (Wildman–Crippen LogP) is 4.03. The number of nitro groups is 1. The topological polar surface area (TPSA) is 55.2 Å². The number of hydrogen-bond donors (Lipinski definition) is 1. The average molecular weight is 311 g/mol. The highest BCUT2D eigenvalue weighted by molar-refractivity contribution is 7.09. The number of thiophene rings is 1. The fraction of sp³-hybridized carbons (Fsp3) is 0.286. The molecule has 2 aromatic rings. The molecular formula is C14H15ClN2O2S. The maximum absolute atomic E-state index is 11.0. The van der Waals surface area contributed by atoms with E-state index in [1.165, 1.54) is 17.0 Å². The van der Waals surface area contributed by atoms with E-state index in [4.69, 9.17) is 11.6 Å². The zero-order chi connectivity index (χ0) is 14.5. The van der Waals surface area contributed by atoms with Crippen LogP contribution < -0.4 is 5.32 Å². The maximum Gasteiger partial charge on any atom is 0.273 e. The van der Waals surface area contributed by atoms with E-state index in [-0.39, 0.29) is 16.7 Å². The first-order chi connectivity index (χ1) is 9.56. The molecule has 0 bridgehead atoms. The smallest absolute Gasteiger partial charge is 0.273 e. The highest BCUT2D eigenvalue weighted by Crippen LogP contribution is 2.22. The van der Waals surface area contributed by atoms with E-state index in [1.807, 2.05) is 11.4 Å². The zero-order valence-electron chi connectivity index (χ0n) is 11.0. The average Bonchev–Trinajstić information content (AvgIpc) is 2.89. The summed E-state index contributed by atoms with van der Waals surface area (Å²) in [4.78, 5) is 11.9. The largest absolute Gasteiger partial charge is 0.310 e. The Bertz CT molecular complexity index is 587. The van der Waals surface area contributed by atoms with Crippen LogP contribution in [0.5, 0.6) is 0 Å². The van der Waals surface area contributed by atoms with Gasteiger partial charge in [0.05, 0.1) is 4.92 Å². The molecule has 1 heterocycles. The zero-order valence-corrected chi connectivity index (χ0v) is 12.6. The molecule has 0 aliphatic heterocycles. The molecule has 0 saturated heterocycles. The third-order valence-corrected chi connectivity index (χ3v) is 4.10. The van der Waals surface area contributed by atoms with E-state index in [0.717, 1.165) is 6.42 Å². The minimum Gasteiger partial charge on any atom is -0.310 e. The number of hydrogen-bond acceptors (Lipinski definition) is 4. The van der Waals surface area contributed by atoms with Crippen LogP contribution in [-0.2, 0) is 13.0 Å². The van der Waals surface area contributed by atoms with Crippen molar-refractivity contribution in [2.45, 2.75) is 25.9 Å². The molecule has 0 radical (unpaired) electrons. The Hall–Kier alpha value is -1.43. The first kappa shape index (κ1) is 15.0. The molecule has 0 spiro atoms. The van der Waals surface area contributed by atoms with Crippen molar-refractivity contribution < 1.29 is 4.92 Å². The van der Waals surface area contributed by atoms with Crippen molar-refractivity contribution in [3.8, 4) is 0 Å². The molecule has 1 aromatic heterocycles. The fourth-order valence-corrected chi connectivity index (χ4v) is 2.99. The third-order valence-electron chi connectivity index (χ3n) is 2.97. The summed E-state index contributed by atoms with van der Waals surface area (Å²) in [5, 5.41) is 16.8. The normalized spacial score (nSPS) is 12.3. The summed E-state index contributed by atoms with van der Waals surface area (Å²) in [7, 11) is 0. The van der Waals surface area contributed by atoms with E-state index in [9.17, 15) is 10.1 Å². The summed E-state index contributed by atoms with van der Waals surface area (Å²) in [5.74, 6) is 0. The Balaban J connectivity index is 1.99. The second-order valence-corrected chi connectivity index (χ2v) is 6.06. The quantitative estimate of drug-likeness (QED) is 0.647. The van der Waals surface area contributed by atoms with Crippen LogP contribution in [0.1, 0.15) is 17.4 Å². The Morgan fingerprint density at radius 1 is 1.45 bits per heavy atom. The van der Waals surface area contributed by atoms with Crippen molar-refractivity contribution >= 4 is 28.6 Å². The molecule has 2 rings (SSSR count). The minimum absolute atomic E-state index is 0.102. The van der Waals surface area contributed by atoms with Crippen LogP contribution in [0, 0.1) is 10.1 Å². The molecule has 0 aliphatic carbocycles. The van der Waals surface area contributed by atoms with Gasteiger partial charge in [-0.15, -0.1) is 11.3 Å². The van der Waals surface area contributed by atoms with Gasteiger partial charge in [0.25, 0.3) is 5.69 Å². The second kappa shape index (κ2) is 6.83. The maximum atomic E-state index is 11.0. The number of nitrogens with zero attached hydrogens (tertiary/aromatic N) is 1. The van der Waals surface area contributed by atoms with Crippen molar-refractivity contribution in [2.75, 3.05) is 0 Å². The number of halogens is 1. The number of nitrogens with one attached hydrogen (secondary N) is 1. The minimum atomic E-state index is -0.378. The molecule has 1 N–H and O–H groups in total. The predicted molar refractivity (Wildman–Crippen MR) is 82.4 cm³/mol. The molecule has 1 atom stereocenters. The van der Waals surface area contributed by atoms with Crippen molar-refractivity contribution in [3.63, 3.8) is 0 Å². The molecular weight excluding hydrogens is 296 g/mol. The lowest BCUT2D eigenvalue weighted by molar-refractivity contribution is -0.385. The van der Waals surface area contributed by atoms with Crippen LogP contribution in [0.25, 0.3) is 0 Å². The lowest BCUT2D eigenvalue weighted by atomic mass is 10.1. The third kappa shape index (κ3) is 4.03. The van der Waals surface area contributed by atoms with Gasteiger partial charge in [-0.25, -0.2) is 0 Å². The molecule has 0 aliphatic rings. The van der Waals surface area contributed by atoms with Crippen molar-refractivity contribution in [2.24, 2.45) is 0 Å². The second-order valence-electron chi connectivity index (χ2n) is 4.60. The van der Waals surface area contributed by atoms with Gasteiger partial charge in [-0.05, 0) is 36.9 Å².